The molecule has 0 bridgehead atoms. The first kappa shape index (κ1) is 12.8. The Kier molecular flexibility index (Phi) is 5.40. The Hall–Kier alpha value is -0.220. The molecule has 0 fully saturated rings. The van der Waals surface area contributed by atoms with E-state index >= 15 is 0 Å². The third-order valence-corrected chi connectivity index (χ3v) is 2.41. The van der Waals surface area contributed by atoms with Crippen LogP contribution in [0.2, 0.25) is 0 Å². The quantitative estimate of drug-likeness (QED) is 0.718. The van der Waals surface area contributed by atoms with Crippen LogP contribution in [0.5, 0.6) is 0 Å². The lowest BCUT2D eigenvalue weighted by atomic mass is 10.1. The van der Waals surface area contributed by atoms with E-state index in [0.29, 0.717) is 13.0 Å². The van der Waals surface area contributed by atoms with Crippen molar-refractivity contribution in [1.82, 2.24) is 0 Å². The Morgan fingerprint density at radius 3 is 2.54 bits per heavy atom. The fourth-order valence-corrected chi connectivity index (χ4v) is 2.08. The lowest BCUT2D eigenvalue weighted by molar-refractivity contribution is 0.171. The van der Waals surface area contributed by atoms with Crippen molar-refractivity contribution in [3.8, 4) is 0 Å². The number of thioether (sulfide) groups is 1. The molecule has 78 valence electrons. The predicted octanol–water partition coefficient (Wildman–Crippen LogP) is 2.43. The number of ether oxygens (including phenoxy) is 1. The van der Waals surface area contributed by atoms with Gasteiger partial charge in [0, 0.05) is 4.75 Å². The van der Waals surface area contributed by atoms with Crippen molar-refractivity contribution < 1.29 is 14.6 Å². The minimum atomic E-state index is -0.392. The van der Waals surface area contributed by atoms with Gasteiger partial charge in [-0.15, -0.1) is 0 Å². The molecule has 4 heteroatoms. The normalized spacial score (nSPS) is 13.9. The summed E-state index contributed by atoms with van der Waals surface area (Å²) in [6.07, 6.45) is 0.188. The van der Waals surface area contributed by atoms with Crippen LogP contribution in [0.25, 0.3) is 0 Å². The summed E-state index contributed by atoms with van der Waals surface area (Å²) in [5.41, 5.74) is 0. The molecule has 0 aliphatic heterocycles. The number of hydrogen-bond donors (Lipinski definition) is 1. The van der Waals surface area contributed by atoms with Crippen LogP contribution in [-0.2, 0) is 4.74 Å². The third kappa shape index (κ3) is 6.90. The Morgan fingerprint density at radius 1 is 1.62 bits per heavy atom. The Balaban J connectivity index is 3.93. The first-order chi connectivity index (χ1) is 5.87. The highest BCUT2D eigenvalue weighted by molar-refractivity contribution is 8.14. The zero-order valence-electron chi connectivity index (χ0n) is 8.66. The first-order valence-electron chi connectivity index (χ1n) is 4.41. The van der Waals surface area contributed by atoms with Crippen LogP contribution in [0.15, 0.2) is 0 Å². The highest BCUT2D eigenvalue weighted by Crippen LogP contribution is 2.30. The maximum atomic E-state index is 11.1. The number of aliphatic hydroxyl groups excluding tert-OH is 1. The van der Waals surface area contributed by atoms with Crippen molar-refractivity contribution in [3.05, 3.63) is 0 Å². The van der Waals surface area contributed by atoms with E-state index in [1.165, 1.54) is 0 Å². The molecular weight excluding hydrogens is 188 g/mol. The molecular formula is C9H18O3S. The van der Waals surface area contributed by atoms with Crippen LogP contribution in [-0.4, -0.2) is 27.9 Å². The summed E-state index contributed by atoms with van der Waals surface area (Å²) >= 11 is 1.13. The minimum absolute atomic E-state index is 0.263. The van der Waals surface area contributed by atoms with E-state index in [1.807, 2.05) is 13.8 Å². The number of aliphatic hydroxyl groups is 1. The Morgan fingerprint density at radius 2 is 2.15 bits per heavy atom. The van der Waals surface area contributed by atoms with E-state index in [4.69, 9.17) is 9.84 Å². The topological polar surface area (TPSA) is 46.5 Å². The zero-order chi connectivity index (χ0) is 10.5. The fraction of sp³-hybridized carbons (Fsp3) is 0.889. The van der Waals surface area contributed by atoms with Gasteiger partial charge < -0.3 is 9.84 Å². The van der Waals surface area contributed by atoms with Gasteiger partial charge in [-0.05, 0) is 32.0 Å². The molecule has 0 spiro atoms. The lowest BCUT2D eigenvalue weighted by Gasteiger charge is -2.23. The molecule has 0 saturated carbocycles. The van der Waals surface area contributed by atoms with E-state index in [1.54, 1.807) is 13.8 Å². The van der Waals surface area contributed by atoms with Crippen LogP contribution in [0.3, 0.4) is 0 Å². The van der Waals surface area contributed by atoms with Crippen LogP contribution in [0.1, 0.15) is 34.1 Å². The van der Waals surface area contributed by atoms with Gasteiger partial charge in [-0.1, -0.05) is 13.8 Å². The van der Waals surface area contributed by atoms with Gasteiger partial charge in [0.2, 0.25) is 0 Å². The van der Waals surface area contributed by atoms with Gasteiger partial charge in [-0.25, -0.2) is 4.79 Å². The summed E-state index contributed by atoms with van der Waals surface area (Å²) in [6, 6.07) is 0. The second-order valence-electron chi connectivity index (χ2n) is 3.60. The minimum Gasteiger partial charge on any atom is -0.458 e. The van der Waals surface area contributed by atoms with Gasteiger partial charge >= 0.3 is 5.30 Å². The molecule has 0 aromatic carbocycles. The zero-order valence-corrected chi connectivity index (χ0v) is 9.48. The first-order valence-corrected chi connectivity index (χ1v) is 5.23. The van der Waals surface area contributed by atoms with Gasteiger partial charge in [0.1, 0.15) is 0 Å². The molecule has 0 unspecified atom stereocenters. The molecule has 0 saturated heterocycles. The summed E-state index contributed by atoms with van der Waals surface area (Å²) in [7, 11) is 0. The van der Waals surface area contributed by atoms with Gasteiger partial charge in [-0.3, -0.25) is 0 Å². The van der Waals surface area contributed by atoms with Gasteiger partial charge in [0.25, 0.3) is 0 Å². The third-order valence-electron chi connectivity index (χ3n) is 1.41. The summed E-state index contributed by atoms with van der Waals surface area (Å²) in [5.74, 6) is 0. The van der Waals surface area contributed by atoms with Gasteiger partial charge in [-0.2, -0.15) is 0 Å². The average molecular weight is 206 g/mol. The summed E-state index contributed by atoms with van der Waals surface area (Å²) < 4.78 is 4.54. The average Bonchev–Trinajstić information content (AvgIpc) is 1.81. The van der Waals surface area contributed by atoms with Crippen molar-refractivity contribution in [2.24, 2.45) is 0 Å². The lowest BCUT2D eigenvalue weighted by Crippen LogP contribution is -2.23. The molecule has 3 nitrogen and oxygen atoms in total. The van der Waals surface area contributed by atoms with Crippen molar-refractivity contribution in [1.29, 1.82) is 0 Å². The SMILES string of the molecule is CCOC(=O)SC(C)(C)C[C@H](C)O. The molecule has 0 amide bonds. The highest BCUT2D eigenvalue weighted by Gasteiger charge is 2.25. The van der Waals surface area contributed by atoms with Gasteiger partial charge in [0.15, 0.2) is 0 Å². The van der Waals surface area contributed by atoms with Crippen LogP contribution >= 0.6 is 11.8 Å². The number of rotatable bonds is 4. The van der Waals surface area contributed by atoms with E-state index in [9.17, 15) is 4.79 Å². The maximum Gasteiger partial charge on any atom is 0.367 e. The molecule has 1 atom stereocenters. The summed E-state index contributed by atoms with van der Waals surface area (Å²) in [4.78, 5) is 11.1. The van der Waals surface area contributed by atoms with E-state index in [0.717, 1.165) is 11.8 Å². The summed E-state index contributed by atoms with van der Waals surface area (Å²) in [5, 5.41) is 8.90. The predicted molar refractivity (Wildman–Crippen MR) is 55.0 cm³/mol. The molecule has 0 heterocycles. The highest BCUT2D eigenvalue weighted by atomic mass is 32.2. The molecule has 0 radical (unpaired) electrons. The van der Waals surface area contributed by atoms with E-state index < -0.39 is 6.10 Å². The molecule has 0 aliphatic rings. The number of carbonyl (C=O) groups excluding carboxylic acids is 1. The monoisotopic (exact) mass is 206 g/mol. The van der Waals surface area contributed by atoms with Gasteiger partial charge in [0.05, 0.1) is 12.7 Å². The molecule has 1 N–H and O–H groups in total. The standard InChI is InChI=1S/C9H18O3S/c1-5-12-8(11)13-9(3,4)6-7(2)10/h7,10H,5-6H2,1-4H3/t7-/m0/s1. The van der Waals surface area contributed by atoms with Crippen LogP contribution in [0, 0.1) is 0 Å². The molecule has 0 rings (SSSR count). The van der Waals surface area contributed by atoms with Crippen molar-refractivity contribution in [2.75, 3.05) is 6.61 Å². The molecule has 0 aromatic heterocycles. The maximum absolute atomic E-state index is 11.1. The van der Waals surface area contributed by atoms with Crippen LogP contribution in [0.4, 0.5) is 4.79 Å². The van der Waals surface area contributed by atoms with E-state index in [-0.39, 0.29) is 10.0 Å². The van der Waals surface area contributed by atoms with Crippen molar-refractivity contribution >= 4 is 17.1 Å². The second-order valence-corrected chi connectivity index (χ2v) is 5.24. The summed E-state index contributed by atoms with van der Waals surface area (Å²) in [6.45, 7) is 7.73. The van der Waals surface area contributed by atoms with Crippen LogP contribution < -0.4 is 0 Å². The van der Waals surface area contributed by atoms with Crippen molar-refractivity contribution in [3.63, 3.8) is 0 Å². The molecule has 13 heavy (non-hydrogen) atoms. The number of hydrogen-bond acceptors (Lipinski definition) is 4. The molecule has 0 aliphatic carbocycles. The second kappa shape index (κ2) is 5.50. The molecule has 0 aromatic rings. The van der Waals surface area contributed by atoms with E-state index in [2.05, 4.69) is 0 Å². The largest absolute Gasteiger partial charge is 0.458 e. The Labute approximate surface area is 83.9 Å². The Bertz CT molecular complexity index is 166. The number of carbonyl (C=O) groups is 1. The fourth-order valence-electron chi connectivity index (χ4n) is 1.13. The van der Waals surface area contributed by atoms with Crippen molar-refractivity contribution in [2.45, 2.75) is 45.0 Å². The smallest absolute Gasteiger partial charge is 0.367 e.